The molecule has 3 aromatic heterocycles. The van der Waals surface area contributed by atoms with E-state index < -0.39 is 0 Å². The molecule has 1 amide bonds. The molecule has 0 N–H and O–H groups in total. The zero-order valence-corrected chi connectivity index (χ0v) is 17.8. The first kappa shape index (κ1) is 19.4. The number of aromatic nitrogens is 6. The Morgan fingerprint density at radius 3 is 2.68 bits per heavy atom. The largest absolute Gasteiger partial charge is 0.342 e. The number of benzene rings is 1. The Morgan fingerprint density at radius 2 is 1.94 bits per heavy atom. The summed E-state index contributed by atoms with van der Waals surface area (Å²) in [5.74, 6) is 0.196. The number of imidazole rings is 1. The van der Waals surface area contributed by atoms with Crippen LogP contribution in [0.25, 0.3) is 22.6 Å². The zero-order valence-electron chi connectivity index (χ0n) is 17.8. The average molecular weight is 416 g/mol. The van der Waals surface area contributed by atoms with Crippen molar-refractivity contribution in [3.63, 3.8) is 0 Å². The summed E-state index contributed by atoms with van der Waals surface area (Å²) >= 11 is 0. The summed E-state index contributed by atoms with van der Waals surface area (Å²) in [6, 6.07) is 8.35. The van der Waals surface area contributed by atoms with E-state index in [1.807, 2.05) is 42.7 Å². The van der Waals surface area contributed by atoms with Gasteiger partial charge in [-0.05, 0) is 30.9 Å². The number of piperidine rings is 1. The average Bonchev–Trinajstić information content (AvgIpc) is 3.41. The minimum absolute atomic E-state index is 0.196. The van der Waals surface area contributed by atoms with Gasteiger partial charge in [-0.3, -0.25) is 9.48 Å². The molecule has 0 aliphatic carbocycles. The predicted octanol–water partition coefficient (Wildman–Crippen LogP) is 2.94. The summed E-state index contributed by atoms with van der Waals surface area (Å²) in [6.45, 7) is 3.54. The molecule has 1 aliphatic heterocycles. The lowest BCUT2D eigenvalue weighted by Crippen LogP contribution is -2.39. The first-order chi connectivity index (χ1) is 15.1. The van der Waals surface area contributed by atoms with Crippen LogP contribution in [0.1, 0.15) is 30.0 Å². The number of nitrogens with zero attached hydrogens (tertiary/aromatic N) is 7. The van der Waals surface area contributed by atoms with Gasteiger partial charge in [-0.2, -0.15) is 5.10 Å². The fourth-order valence-corrected chi connectivity index (χ4v) is 4.25. The van der Waals surface area contributed by atoms with Gasteiger partial charge in [-0.15, -0.1) is 0 Å². The lowest BCUT2D eigenvalue weighted by molar-refractivity contribution is -0.131. The van der Waals surface area contributed by atoms with Crippen molar-refractivity contribution in [3.05, 3.63) is 60.3 Å². The number of carbonyl (C=O) groups is 1. The molecule has 8 heteroatoms. The fraction of sp³-hybridized carbons (Fsp3) is 0.348. The first-order valence-corrected chi connectivity index (χ1v) is 10.6. The Bertz CT molecular complexity index is 1230. The molecule has 5 rings (SSSR count). The van der Waals surface area contributed by atoms with Crippen molar-refractivity contribution in [1.82, 2.24) is 34.2 Å². The first-order valence-electron chi connectivity index (χ1n) is 10.6. The van der Waals surface area contributed by atoms with Crippen molar-refractivity contribution in [1.29, 1.82) is 0 Å². The van der Waals surface area contributed by atoms with Gasteiger partial charge in [-0.1, -0.05) is 24.3 Å². The Kier molecular flexibility index (Phi) is 4.97. The van der Waals surface area contributed by atoms with Crippen LogP contribution < -0.4 is 0 Å². The highest BCUT2D eigenvalue weighted by atomic mass is 16.2. The van der Waals surface area contributed by atoms with E-state index in [4.69, 9.17) is 4.98 Å². The summed E-state index contributed by atoms with van der Waals surface area (Å²) in [4.78, 5) is 28.5. The molecule has 158 valence electrons. The molecular weight excluding hydrogens is 390 g/mol. The molecule has 0 radical (unpaired) electrons. The number of rotatable bonds is 4. The Labute approximate surface area is 180 Å². The van der Waals surface area contributed by atoms with Gasteiger partial charge in [-0.25, -0.2) is 15.0 Å². The van der Waals surface area contributed by atoms with Crippen molar-refractivity contribution < 1.29 is 4.79 Å². The van der Waals surface area contributed by atoms with Crippen LogP contribution in [0.2, 0.25) is 0 Å². The number of carbonyl (C=O) groups excluding carboxylic acids is 1. The molecule has 4 aromatic rings. The molecule has 1 aromatic carbocycles. The van der Waals surface area contributed by atoms with Crippen molar-refractivity contribution in [2.45, 2.75) is 32.2 Å². The smallest absolute Gasteiger partial charge is 0.227 e. The van der Waals surface area contributed by atoms with Crippen LogP contribution in [0.3, 0.4) is 0 Å². The summed E-state index contributed by atoms with van der Waals surface area (Å²) in [5.41, 5.74) is 5.42. The third-order valence-corrected chi connectivity index (χ3v) is 6.10. The Morgan fingerprint density at radius 1 is 1.13 bits per heavy atom. The number of aryl methyl sites for hydroxylation is 2. The highest BCUT2D eigenvalue weighted by Gasteiger charge is 2.25. The van der Waals surface area contributed by atoms with Crippen molar-refractivity contribution >= 4 is 17.2 Å². The van der Waals surface area contributed by atoms with E-state index in [2.05, 4.69) is 32.6 Å². The summed E-state index contributed by atoms with van der Waals surface area (Å²) < 4.78 is 3.87. The molecule has 4 heterocycles. The molecule has 0 bridgehead atoms. The highest BCUT2D eigenvalue weighted by molar-refractivity contribution is 5.79. The molecule has 0 spiro atoms. The van der Waals surface area contributed by atoms with Crippen LogP contribution in [-0.4, -0.2) is 53.2 Å². The van der Waals surface area contributed by atoms with Gasteiger partial charge in [0.05, 0.1) is 30.8 Å². The monoisotopic (exact) mass is 415 g/mol. The van der Waals surface area contributed by atoms with Gasteiger partial charge in [0.2, 0.25) is 5.91 Å². The Hall–Kier alpha value is -3.55. The van der Waals surface area contributed by atoms with Gasteiger partial charge in [0.15, 0.2) is 11.3 Å². The Balaban J connectivity index is 1.30. The maximum atomic E-state index is 12.8. The van der Waals surface area contributed by atoms with E-state index in [9.17, 15) is 4.79 Å². The lowest BCUT2D eigenvalue weighted by atomic mass is 10.0. The maximum absolute atomic E-state index is 12.8. The minimum atomic E-state index is 0.196. The predicted molar refractivity (Wildman–Crippen MR) is 117 cm³/mol. The summed E-state index contributed by atoms with van der Waals surface area (Å²) in [7, 11) is 1.88. The van der Waals surface area contributed by atoms with E-state index in [1.54, 1.807) is 17.1 Å². The van der Waals surface area contributed by atoms with Crippen LogP contribution in [0.5, 0.6) is 0 Å². The second kappa shape index (κ2) is 7.94. The molecule has 8 nitrogen and oxygen atoms in total. The van der Waals surface area contributed by atoms with Crippen LogP contribution in [0.15, 0.2) is 49.2 Å². The van der Waals surface area contributed by atoms with Crippen molar-refractivity contribution in [3.8, 4) is 11.3 Å². The third-order valence-electron chi connectivity index (χ3n) is 6.10. The lowest BCUT2D eigenvalue weighted by Gasteiger charge is -2.33. The SMILES string of the molecule is Cc1ccccc1CC(=O)N1CCC(n2cnc3ncc(-c4cnn(C)c4)nc32)CC1. The highest BCUT2D eigenvalue weighted by Crippen LogP contribution is 2.27. The van der Waals surface area contributed by atoms with Gasteiger partial charge in [0.25, 0.3) is 0 Å². The third kappa shape index (κ3) is 3.81. The maximum Gasteiger partial charge on any atom is 0.227 e. The van der Waals surface area contributed by atoms with E-state index in [0.29, 0.717) is 12.1 Å². The standard InChI is InChI=1S/C23H25N7O/c1-16-5-3-4-6-17(16)11-21(31)29-9-7-19(8-10-29)30-15-25-22-23(30)27-20(13-24-22)18-12-26-28(2)14-18/h3-6,12-15,19H,7-11H2,1-2H3. The molecule has 1 aliphatic rings. The second-order valence-corrected chi connectivity index (χ2v) is 8.17. The molecule has 31 heavy (non-hydrogen) atoms. The number of amides is 1. The number of hydrogen-bond donors (Lipinski definition) is 0. The van der Waals surface area contributed by atoms with Crippen LogP contribution >= 0.6 is 0 Å². The molecular formula is C23H25N7O. The van der Waals surface area contributed by atoms with Crippen molar-refractivity contribution in [2.24, 2.45) is 7.05 Å². The summed E-state index contributed by atoms with van der Waals surface area (Å²) in [5, 5.41) is 4.22. The molecule has 1 fully saturated rings. The quantitative estimate of drug-likeness (QED) is 0.512. The molecule has 0 unspecified atom stereocenters. The van der Waals surface area contributed by atoms with E-state index in [-0.39, 0.29) is 11.9 Å². The number of likely N-dealkylation sites (tertiary alicyclic amines) is 1. The van der Waals surface area contributed by atoms with Gasteiger partial charge in [0, 0.05) is 37.9 Å². The minimum Gasteiger partial charge on any atom is -0.342 e. The van der Waals surface area contributed by atoms with Gasteiger partial charge >= 0.3 is 0 Å². The second-order valence-electron chi connectivity index (χ2n) is 8.17. The number of fused-ring (bicyclic) bond motifs is 1. The summed E-state index contributed by atoms with van der Waals surface area (Å²) in [6.07, 6.45) is 9.50. The van der Waals surface area contributed by atoms with Crippen LogP contribution in [-0.2, 0) is 18.3 Å². The zero-order chi connectivity index (χ0) is 21.4. The van der Waals surface area contributed by atoms with E-state index in [0.717, 1.165) is 48.4 Å². The molecule has 0 saturated carbocycles. The fourth-order valence-electron chi connectivity index (χ4n) is 4.25. The van der Waals surface area contributed by atoms with E-state index in [1.165, 1.54) is 5.56 Å². The number of hydrogen-bond acceptors (Lipinski definition) is 5. The van der Waals surface area contributed by atoms with Crippen LogP contribution in [0, 0.1) is 6.92 Å². The van der Waals surface area contributed by atoms with Crippen LogP contribution in [0.4, 0.5) is 0 Å². The van der Waals surface area contributed by atoms with Gasteiger partial charge < -0.3 is 9.47 Å². The molecule has 1 saturated heterocycles. The van der Waals surface area contributed by atoms with Gasteiger partial charge in [0.1, 0.15) is 0 Å². The topological polar surface area (TPSA) is 81.7 Å². The normalized spacial score (nSPS) is 15.0. The van der Waals surface area contributed by atoms with Crippen molar-refractivity contribution in [2.75, 3.05) is 13.1 Å². The molecule has 0 atom stereocenters. The van der Waals surface area contributed by atoms with E-state index >= 15 is 0 Å².